The normalized spacial score (nSPS) is 19.1. The van der Waals surface area contributed by atoms with Crippen LogP contribution in [0.5, 0.6) is 5.75 Å². The lowest BCUT2D eigenvalue weighted by atomic mass is 9.78. The molecule has 0 radical (unpaired) electrons. The fourth-order valence-corrected chi connectivity index (χ4v) is 4.43. The van der Waals surface area contributed by atoms with Crippen LogP contribution < -0.4 is 15.4 Å². The number of hydrogen-bond donors (Lipinski definition) is 1. The van der Waals surface area contributed by atoms with Gasteiger partial charge in [0.25, 0.3) is 0 Å². The summed E-state index contributed by atoms with van der Waals surface area (Å²) >= 11 is 6.58. The fourth-order valence-electron chi connectivity index (χ4n) is 4.09. The van der Waals surface area contributed by atoms with Crippen LogP contribution in [0.2, 0.25) is 5.02 Å². The molecule has 4 heteroatoms. The Morgan fingerprint density at radius 2 is 1.96 bits per heavy atom. The largest absolute Gasteiger partial charge is 0.492 e. The zero-order valence-corrected chi connectivity index (χ0v) is 15.7. The van der Waals surface area contributed by atoms with Gasteiger partial charge in [-0.3, -0.25) is 0 Å². The molecule has 2 aromatic carbocycles. The number of fused-ring (bicyclic) bond motifs is 1. The summed E-state index contributed by atoms with van der Waals surface area (Å²) < 4.78 is 5.63. The lowest BCUT2D eigenvalue weighted by Crippen LogP contribution is -2.46. The van der Waals surface area contributed by atoms with E-state index in [4.69, 9.17) is 22.1 Å². The van der Waals surface area contributed by atoms with Crippen LogP contribution >= 0.6 is 11.6 Å². The number of anilines is 3. The Hall–Kier alpha value is -1.87. The van der Waals surface area contributed by atoms with Crippen LogP contribution in [0.15, 0.2) is 30.3 Å². The molecule has 0 bridgehead atoms. The van der Waals surface area contributed by atoms with Crippen molar-refractivity contribution in [3.05, 3.63) is 46.5 Å². The standard InChI is InChI=1S/C20H25ClN2O/c1-12-9-10-14(21)17-13(2)11-20(3,4)23(18(12)17)16-8-6-7-15(22)19(16)24-5/h6-10,13H,11,22H2,1-5H3. The Bertz CT molecular complexity index is 785. The van der Waals surface area contributed by atoms with Crippen molar-refractivity contribution in [1.29, 1.82) is 0 Å². The molecule has 0 spiro atoms. The number of halogens is 1. The number of nitrogens with two attached hydrogens (primary N) is 1. The molecule has 3 rings (SSSR count). The number of hydrogen-bond acceptors (Lipinski definition) is 3. The van der Waals surface area contributed by atoms with E-state index < -0.39 is 0 Å². The number of nitrogens with zero attached hydrogens (tertiary/aromatic N) is 1. The molecule has 3 nitrogen and oxygen atoms in total. The van der Waals surface area contributed by atoms with Gasteiger partial charge < -0.3 is 15.4 Å². The summed E-state index contributed by atoms with van der Waals surface area (Å²) in [5.74, 6) is 1.11. The van der Waals surface area contributed by atoms with E-state index in [1.807, 2.05) is 18.2 Å². The predicted molar refractivity (Wildman–Crippen MR) is 103 cm³/mol. The Kier molecular flexibility index (Phi) is 4.16. The minimum absolute atomic E-state index is 0.0804. The molecule has 1 aliphatic heterocycles. The van der Waals surface area contributed by atoms with Gasteiger partial charge in [-0.2, -0.15) is 0 Å². The molecule has 1 unspecified atom stereocenters. The molecule has 1 atom stereocenters. The lowest BCUT2D eigenvalue weighted by molar-refractivity contribution is 0.390. The third-order valence-electron chi connectivity index (χ3n) is 4.96. The second-order valence-corrected chi connectivity index (χ2v) is 7.69. The molecule has 2 aromatic rings. The third-order valence-corrected chi connectivity index (χ3v) is 5.29. The summed E-state index contributed by atoms with van der Waals surface area (Å²) in [6.45, 7) is 8.90. The van der Waals surface area contributed by atoms with Crippen molar-refractivity contribution in [2.75, 3.05) is 17.7 Å². The van der Waals surface area contributed by atoms with E-state index in [1.54, 1.807) is 7.11 Å². The molecule has 0 aromatic heterocycles. The van der Waals surface area contributed by atoms with E-state index in [0.29, 0.717) is 17.4 Å². The van der Waals surface area contributed by atoms with E-state index in [9.17, 15) is 0 Å². The van der Waals surface area contributed by atoms with Crippen molar-refractivity contribution >= 4 is 28.7 Å². The first kappa shape index (κ1) is 17.0. The number of rotatable bonds is 2. The van der Waals surface area contributed by atoms with E-state index in [2.05, 4.69) is 44.7 Å². The van der Waals surface area contributed by atoms with Gasteiger partial charge in [-0.25, -0.2) is 0 Å². The zero-order valence-electron chi connectivity index (χ0n) is 15.0. The summed E-state index contributed by atoms with van der Waals surface area (Å²) in [6.07, 6.45) is 1.00. The highest BCUT2D eigenvalue weighted by Gasteiger charge is 2.40. The molecule has 0 saturated heterocycles. The van der Waals surface area contributed by atoms with Crippen molar-refractivity contribution in [3.8, 4) is 5.75 Å². The molecular weight excluding hydrogens is 320 g/mol. The molecule has 2 N–H and O–H groups in total. The van der Waals surface area contributed by atoms with Gasteiger partial charge in [-0.05, 0) is 62.4 Å². The molecule has 24 heavy (non-hydrogen) atoms. The van der Waals surface area contributed by atoms with Crippen molar-refractivity contribution in [2.45, 2.75) is 45.6 Å². The van der Waals surface area contributed by atoms with Gasteiger partial charge in [0.1, 0.15) is 0 Å². The highest BCUT2D eigenvalue weighted by atomic mass is 35.5. The fraction of sp³-hybridized carbons (Fsp3) is 0.400. The van der Waals surface area contributed by atoms with Gasteiger partial charge in [-0.1, -0.05) is 30.7 Å². The van der Waals surface area contributed by atoms with E-state index >= 15 is 0 Å². The molecule has 1 aliphatic rings. The van der Waals surface area contributed by atoms with Crippen molar-refractivity contribution in [1.82, 2.24) is 0 Å². The highest BCUT2D eigenvalue weighted by Crippen LogP contribution is 2.53. The Morgan fingerprint density at radius 1 is 1.25 bits per heavy atom. The molecular formula is C20H25ClN2O. The summed E-state index contributed by atoms with van der Waals surface area (Å²) in [5, 5.41) is 0.825. The second-order valence-electron chi connectivity index (χ2n) is 7.28. The van der Waals surface area contributed by atoms with Crippen LogP contribution in [0.3, 0.4) is 0 Å². The highest BCUT2D eigenvalue weighted by molar-refractivity contribution is 6.32. The number of ether oxygens (including phenoxy) is 1. The summed E-state index contributed by atoms with van der Waals surface area (Å²) in [4.78, 5) is 2.35. The molecule has 1 heterocycles. The number of aryl methyl sites for hydroxylation is 1. The minimum atomic E-state index is -0.0804. The summed E-state index contributed by atoms with van der Waals surface area (Å²) in [5.41, 5.74) is 11.3. The Morgan fingerprint density at radius 3 is 2.62 bits per heavy atom. The maximum absolute atomic E-state index is 6.58. The second kappa shape index (κ2) is 5.89. The maximum Gasteiger partial charge on any atom is 0.165 e. The third kappa shape index (κ3) is 2.51. The lowest BCUT2D eigenvalue weighted by Gasteiger charge is -2.48. The van der Waals surface area contributed by atoms with Gasteiger partial charge in [0.2, 0.25) is 0 Å². The zero-order chi connectivity index (χ0) is 17.6. The summed E-state index contributed by atoms with van der Waals surface area (Å²) in [6, 6.07) is 9.99. The topological polar surface area (TPSA) is 38.5 Å². The van der Waals surface area contributed by atoms with Crippen molar-refractivity contribution in [2.24, 2.45) is 0 Å². The van der Waals surface area contributed by atoms with Crippen LogP contribution in [0, 0.1) is 6.92 Å². The Balaban J connectivity index is 2.34. The number of nitrogen functional groups attached to an aromatic ring is 1. The Labute approximate surface area is 149 Å². The smallest absolute Gasteiger partial charge is 0.165 e. The van der Waals surface area contributed by atoms with E-state index in [-0.39, 0.29) is 5.54 Å². The van der Waals surface area contributed by atoms with Crippen LogP contribution in [0.4, 0.5) is 17.1 Å². The van der Waals surface area contributed by atoms with E-state index in [0.717, 1.165) is 17.1 Å². The van der Waals surface area contributed by atoms with Crippen LogP contribution in [-0.2, 0) is 0 Å². The first-order valence-electron chi connectivity index (χ1n) is 8.29. The van der Waals surface area contributed by atoms with Crippen LogP contribution in [0.1, 0.15) is 44.2 Å². The molecule has 0 fully saturated rings. The van der Waals surface area contributed by atoms with Crippen LogP contribution in [0.25, 0.3) is 0 Å². The van der Waals surface area contributed by atoms with Gasteiger partial charge >= 0.3 is 0 Å². The first-order valence-corrected chi connectivity index (χ1v) is 8.67. The average molecular weight is 345 g/mol. The minimum Gasteiger partial charge on any atom is -0.492 e. The predicted octanol–water partition coefficient (Wildman–Crippen LogP) is 5.66. The van der Waals surface area contributed by atoms with Gasteiger partial charge in [0.05, 0.1) is 18.5 Å². The van der Waals surface area contributed by atoms with Crippen LogP contribution in [-0.4, -0.2) is 12.6 Å². The van der Waals surface area contributed by atoms with Gasteiger partial charge in [0.15, 0.2) is 5.75 Å². The monoisotopic (exact) mass is 344 g/mol. The van der Waals surface area contributed by atoms with Crippen molar-refractivity contribution < 1.29 is 4.74 Å². The average Bonchev–Trinajstić information content (AvgIpc) is 2.49. The number of benzene rings is 2. The molecule has 0 aliphatic carbocycles. The maximum atomic E-state index is 6.58. The first-order chi connectivity index (χ1) is 11.3. The van der Waals surface area contributed by atoms with Gasteiger partial charge in [-0.15, -0.1) is 0 Å². The number of methoxy groups -OCH3 is 1. The van der Waals surface area contributed by atoms with E-state index in [1.165, 1.54) is 16.8 Å². The van der Waals surface area contributed by atoms with Crippen molar-refractivity contribution in [3.63, 3.8) is 0 Å². The molecule has 0 amide bonds. The van der Waals surface area contributed by atoms with Gasteiger partial charge in [0, 0.05) is 16.2 Å². The molecule has 128 valence electrons. The summed E-state index contributed by atoms with van der Waals surface area (Å²) in [7, 11) is 1.67. The number of para-hydroxylation sites is 1. The SMILES string of the molecule is COc1c(N)cccc1N1c2c(C)ccc(Cl)c2C(C)CC1(C)C. The quantitative estimate of drug-likeness (QED) is 0.714. The molecule has 0 saturated carbocycles.